The van der Waals surface area contributed by atoms with Crippen molar-refractivity contribution in [3.63, 3.8) is 0 Å². The molecule has 0 atom stereocenters. The van der Waals surface area contributed by atoms with Crippen molar-refractivity contribution in [2.75, 3.05) is 32.7 Å². The van der Waals surface area contributed by atoms with Gasteiger partial charge in [-0.15, -0.1) is 0 Å². The highest BCUT2D eigenvalue weighted by Gasteiger charge is 2.33. The van der Waals surface area contributed by atoms with E-state index < -0.39 is 0 Å². The van der Waals surface area contributed by atoms with E-state index in [0.717, 1.165) is 39.1 Å². The average Bonchev–Trinajstić information content (AvgIpc) is 2.25. The number of nitrogens with zero attached hydrogens (tertiary/aromatic N) is 2. The lowest BCUT2D eigenvalue weighted by molar-refractivity contribution is 0.0566. The van der Waals surface area contributed by atoms with Crippen molar-refractivity contribution in [2.45, 2.75) is 46.1 Å². The van der Waals surface area contributed by atoms with Gasteiger partial charge in [0.25, 0.3) is 0 Å². The summed E-state index contributed by atoms with van der Waals surface area (Å²) in [6.45, 7) is 11.4. The highest BCUT2D eigenvalue weighted by atomic mass is 16.2. The second-order valence-electron chi connectivity index (χ2n) is 4.83. The van der Waals surface area contributed by atoms with E-state index in [4.69, 9.17) is 0 Å². The van der Waals surface area contributed by atoms with E-state index in [2.05, 4.69) is 31.0 Å². The van der Waals surface area contributed by atoms with E-state index in [1.807, 2.05) is 4.90 Å². The van der Waals surface area contributed by atoms with Gasteiger partial charge in [0.05, 0.1) is 0 Å². The maximum atomic E-state index is 11.7. The Bertz CT molecular complexity index is 221. The highest BCUT2D eigenvalue weighted by Crippen LogP contribution is 2.15. The first-order valence-electron chi connectivity index (χ1n) is 6.99. The zero-order valence-corrected chi connectivity index (χ0v) is 11.5. The van der Waals surface area contributed by atoms with Crippen LogP contribution in [0, 0.1) is 0 Å². The highest BCUT2D eigenvalue weighted by molar-refractivity contribution is 5.75. The fourth-order valence-electron chi connectivity index (χ4n) is 2.25. The summed E-state index contributed by atoms with van der Waals surface area (Å²) in [4.78, 5) is 16.1. The first-order chi connectivity index (χ1) is 8.22. The molecule has 0 spiro atoms. The zero-order chi connectivity index (χ0) is 12.7. The predicted molar refractivity (Wildman–Crippen MR) is 71.2 cm³/mol. The molecule has 0 aromatic heterocycles. The topological polar surface area (TPSA) is 35.6 Å². The molecule has 1 saturated heterocycles. The van der Waals surface area contributed by atoms with Crippen LogP contribution >= 0.6 is 0 Å². The fraction of sp³-hybridized carbons (Fsp3) is 0.923. The van der Waals surface area contributed by atoms with Crippen LogP contribution in [0.3, 0.4) is 0 Å². The maximum absolute atomic E-state index is 11.7. The Balaban J connectivity index is 2.26. The molecule has 0 saturated carbocycles. The Kier molecular flexibility index (Phi) is 6.34. The minimum Gasteiger partial charge on any atom is -0.338 e. The zero-order valence-electron chi connectivity index (χ0n) is 11.5. The Labute approximate surface area is 105 Å². The van der Waals surface area contributed by atoms with Gasteiger partial charge in [0, 0.05) is 25.7 Å². The minimum atomic E-state index is 0.107. The molecule has 100 valence electrons. The van der Waals surface area contributed by atoms with Gasteiger partial charge in [-0.2, -0.15) is 0 Å². The van der Waals surface area contributed by atoms with Crippen LogP contribution in [0.25, 0.3) is 0 Å². The first-order valence-corrected chi connectivity index (χ1v) is 6.99. The van der Waals surface area contributed by atoms with E-state index >= 15 is 0 Å². The van der Waals surface area contributed by atoms with Gasteiger partial charge in [0.15, 0.2) is 0 Å². The normalized spacial score (nSPS) is 16.1. The van der Waals surface area contributed by atoms with Crippen LogP contribution in [0.1, 0.15) is 40.0 Å². The molecule has 1 N–H and O–H groups in total. The van der Waals surface area contributed by atoms with Crippen molar-refractivity contribution < 1.29 is 4.79 Å². The van der Waals surface area contributed by atoms with Crippen molar-refractivity contribution in [2.24, 2.45) is 0 Å². The van der Waals surface area contributed by atoms with E-state index in [1.54, 1.807) is 0 Å². The second kappa shape index (κ2) is 7.54. The second-order valence-corrected chi connectivity index (χ2v) is 4.83. The Morgan fingerprint density at radius 3 is 2.24 bits per heavy atom. The molecule has 1 fully saturated rings. The summed E-state index contributed by atoms with van der Waals surface area (Å²) in [5.41, 5.74) is 0. The fourth-order valence-corrected chi connectivity index (χ4v) is 2.25. The largest absolute Gasteiger partial charge is 0.338 e. The minimum absolute atomic E-state index is 0.107. The average molecular weight is 241 g/mol. The van der Waals surface area contributed by atoms with Crippen LogP contribution in [-0.4, -0.2) is 54.6 Å². The molecule has 0 aromatic carbocycles. The molecule has 17 heavy (non-hydrogen) atoms. The third-order valence-corrected chi connectivity index (χ3v) is 3.21. The van der Waals surface area contributed by atoms with Crippen LogP contribution in [0.4, 0.5) is 4.79 Å². The Hall–Kier alpha value is -0.770. The molecule has 0 radical (unpaired) electrons. The molecule has 2 amide bonds. The summed E-state index contributed by atoms with van der Waals surface area (Å²) in [5.74, 6) is 0. The quantitative estimate of drug-likeness (QED) is 0.739. The monoisotopic (exact) mass is 241 g/mol. The molecule has 0 bridgehead atoms. The third-order valence-electron chi connectivity index (χ3n) is 3.21. The van der Waals surface area contributed by atoms with E-state index in [9.17, 15) is 4.79 Å². The number of rotatable bonds is 7. The standard InChI is InChI=1S/C13H27N3O/c1-4-7-14-13(17)16-10-12(11-16)15(8-5-2)9-6-3/h12H,4-11H2,1-3H3,(H,14,17). The number of carbonyl (C=O) groups excluding carboxylic acids is 1. The molecule has 4 heteroatoms. The molecule has 0 unspecified atom stereocenters. The predicted octanol–water partition coefficient (Wildman–Crippen LogP) is 1.91. The Morgan fingerprint density at radius 1 is 1.18 bits per heavy atom. The van der Waals surface area contributed by atoms with Crippen LogP contribution in [0.15, 0.2) is 0 Å². The summed E-state index contributed by atoms with van der Waals surface area (Å²) in [6.07, 6.45) is 3.39. The third kappa shape index (κ3) is 4.19. The van der Waals surface area contributed by atoms with Crippen molar-refractivity contribution in [3.8, 4) is 0 Å². The molecule has 1 rings (SSSR count). The summed E-state index contributed by atoms with van der Waals surface area (Å²) in [5, 5.41) is 2.93. The molecular weight excluding hydrogens is 214 g/mol. The molecule has 0 aliphatic carbocycles. The van der Waals surface area contributed by atoms with Gasteiger partial charge >= 0.3 is 6.03 Å². The number of amides is 2. The van der Waals surface area contributed by atoms with Crippen LogP contribution < -0.4 is 5.32 Å². The lowest BCUT2D eigenvalue weighted by Gasteiger charge is -2.45. The van der Waals surface area contributed by atoms with Gasteiger partial charge in [0.2, 0.25) is 0 Å². The lowest BCUT2D eigenvalue weighted by atomic mass is 10.1. The maximum Gasteiger partial charge on any atom is 0.317 e. The van der Waals surface area contributed by atoms with E-state index in [0.29, 0.717) is 6.04 Å². The van der Waals surface area contributed by atoms with Gasteiger partial charge in [-0.25, -0.2) is 4.79 Å². The van der Waals surface area contributed by atoms with E-state index in [1.165, 1.54) is 12.8 Å². The Morgan fingerprint density at radius 2 is 1.76 bits per heavy atom. The van der Waals surface area contributed by atoms with Gasteiger partial charge in [-0.05, 0) is 32.4 Å². The van der Waals surface area contributed by atoms with E-state index in [-0.39, 0.29) is 6.03 Å². The van der Waals surface area contributed by atoms with Gasteiger partial charge in [0.1, 0.15) is 0 Å². The number of hydrogen-bond donors (Lipinski definition) is 1. The molecule has 1 heterocycles. The van der Waals surface area contributed by atoms with Crippen LogP contribution in [0.5, 0.6) is 0 Å². The van der Waals surface area contributed by atoms with Crippen molar-refractivity contribution in [1.82, 2.24) is 15.1 Å². The summed E-state index contributed by atoms with van der Waals surface area (Å²) in [7, 11) is 0. The summed E-state index contributed by atoms with van der Waals surface area (Å²) in [6, 6.07) is 0.693. The lowest BCUT2D eigenvalue weighted by Crippen LogP contribution is -2.63. The molecule has 1 aliphatic heterocycles. The SMILES string of the molecule is CCCNC(=O)N1CC(N(CCC)CCC)C1. The van der Waals surface area contributed by atoms with Crippen molar-refractivity contribution in [3.05, 3.63) is 0 Å². The number of urea groups is 1. The summed E-state index contributed by atoms with van der Waals surface area (Å²) >= 11 is 0. The van der Waals surface area contributed by atoms with Gasteiger partial charge in [-0.1, -0.05) is 20.8 Å². The smallest absolute Gasteiger partial charge is 0.317 e. The number of nitrogens with one attached hydrogen (secondary N) is 1. The van der Waals surface area contributed by atoms with Crippen molar-refractivity contribution in [1.29, 1.82) is 0 Å². The van der Waals surface area contributed by atoms with Crippen LogP contribution in [-0.2, 0) is 0 Å². The van der Waals surface area contributed by atoms with Gasteiger partial charge in [-0.3, -0.25) is 4.90 Å². The van der Waals surface area contributed by atoms with Gasteiger partial charge < -0.3 is 10.2 Å². The molecular formula is C13H27N3O. The molecule has 4 nitrogen and oxygen atoms in total. The number of likely N-dealkylation sites (tertiary alicyclic amines) is 1. The summed E-state index contributed by atoms with van der Waals surface area (Å²) < 4.78 is 0. The van der Waals surface area contributed by atoms with Crippen molar-refractivity contribution >= 4 is 6.03 Å². The molecule has 0 aromatic rings. The van der Waals surface area contributed by atoms with Crippen LogP contribution in [0.2, 0.25) is 0 Å². The number of carbonyl (C=O) groups is 1. The first kappa shape index (κ1) is 14.3. The molecule has 1 aliphatic rings. The number of hydrogen-bond acceptors (Lipinski definition) is 2.